The maximum absolute atomic E-state index is 13.0. The van der Waals surface area contributed by atoms with Crippen molar-refractivity contribution in [3.05, 3.63) is 35.7 Å². The Labute approximate surface area is 149 Å². The summed E-state index contributed by atoms with van der Waals surface area (Å²) < 4.78 is 44.2. The van der Waals surface area contributed by atoms with Crippen LogP contribution in [0.2, 0.25) is 0 Å². The topological polar surface area (TPSA) is 54.2 Å². The summed E-state index contributed by atoms with van der Waals surface area (Å²) in [6.45, 7) is 12.9. The second-order valence-corrected chi connectivity index (χ2v) is 6.35. The molecule has 0 fully saturated rings. The van der Waals surface area contributed by atoms with Crippen molar-refractivity contribution in [3.8, 4) is 0 Å². The van der Waals surface area contributed by atoms with E-state index >= 15 is 0 Å². The first-order chi connectivity index (χ1) is 11.9. The summed E-state index contributed by atoms with van der Waals surface area (Å²) in [5, 5.41) is 0.816. The number of hydrazine groups is 1. The Morgan fingerprint density at radius 3 is 2.31 bits per heavy atom. The first-order valence-corrected chi connectivity index (χ1v) is 7.80. The van der Waals surface area contributed by atoms with Crippen molar-refractivity contribution in [2.75, 3.05) is 11.6 Å². The van der Waals surface area contributed by atoms with Gasteiger partial charge in [-0.15, -0.1) is 0 Å². The fourth-order valence-electron chi connectivity index (χ4n) is 1.99. The van der Waals surface area contributed by atoms with E-state index in [1.54, 1.807) is 27.7 Å². The van der Waals surface area contributed by atoms with Crippen LogP contribution in [0.3, 0.4) is 0 Å². The third-order valence-electron chi connectivity index (χ3n) is 2.92. The standard InChI is InChI=1S/C17H20F3N3O3/c1-6-10-22(14(24)17(18,19)20)23(15(25)26-16(2,3)4)13-9-7-8-12(11-13)21-5/h7-9,11H,6,10H2,1-4H3. The van der Waals surface area contributed by atoms with E-state index in [1.807, 2.05) is 0 Å². The zero-order valence-corrected chi connectivity index (χ0v) is 14.9. The number of rotatable bonds is 3. The molecule has 142 valence electrons. The van der Waals surface area contributed by atoms with Gasteiger partial charge in [-0.05, 0) is 39.3 Å². The minimum atomic E-state index is -5.17. The van der Waals surface area contributed by atoms with Gasteiger partial charge in [0.25, 0.3) is 0 Å². The van der Waals surface area contributed by atoms with E-state index in [0.717, 1.165) is 0 Å². The van der Waals surface area contributed by atoms with Crippen molar-refractivity contribution in [1.29, 1.82) is 0 Å². The molecule has 2 amide bonds. The molecule has 0 aliphatic carbocycles. The van der Waals surface area contributed by atoms with Crippen LogP contribution in [-0.2, 0) is 9.53 Å². The number of halogens is 3. The fraction of sp³-hybridized carbons (Fsp3) is 0.471. The summed E-state index contributed by atoms with van der Waals surface area (Å²) in [5.74, 6) is -2.20. The van der Waals surface area contributed by atoms with E-state index < -0.39 is 23.8 Å². The van der Waals surface area contributed by atoms with Crippen LogP contribution in [0.1, 0.15) is 34.1 Å². The average Bonchev–Trinajstić information content (AvgIpc) is 2.51. The number of alkyl halides is 3. The van der Waals surface area contributed by atoms with Crippen LogP contribution in [-0.4, -0.2) is 35.3 Å². The Kier molecular flexibility index (Phi) is 6.61. The Hall–Kier alpha value is -2.76. The van der Waals surface area contributed by atoms with E-state index in [-0.39, 0.29) is 29.3 Å². The highest BCUT2D eigenvalue weighted by atomic mass is 19.4. The molecule has 0 heterocycles. The lowest BCUT2D eigenvalue weighted by Crippen LogP contribution is -2.55. The largest absolute Gasteiger partial charge is 0.473 e. The summed E-state index contributed by atoms with van der Waals surface area (Å²) in [4.78, 5) is 27.6. The smallest absolute Gasteiger partial charge is 0.442 e. The molecule has 0 spiro atoms. The van der Waals surface area contributed by atoms with Gasteiger partial charge in [0.2, 0.25) is 0 Å². The van der Waals surface area contributed by atoms with Gasteiger partial charge >= 0.3 is 18.2 Å². The Bertz CT molecular complexity index is 706. The highest BCUT2D eigenvalue weighted by molar-refractivity contribution is 5.94. The molecular weight excluding hydrogens is 351 g/mol. The number of nitrogens with zero attached hydrogens (tertiary/aromatic N) is 3. The van der Waals surface area contributed by atoms with Crippen molar-refractivity contribution in [2.24, 2.45) is 0 Å². The van der Waals surface area contributed by atoms with Crippen molar-refractivity contribution in [2.45, 2.75) is 45.9 Å². The summed E-state index contributed by atoms with van der Waals surface area (Å²) in [7, 11) is 0. The SMILES string of the molecule is [C-]#[N+]c1cccc(N(C(=O)OC(C)(C)C)N(CCC)C(=O)C(F)(F)F)c1. The molecule has 6 nitrogen and oxygen atoms in total. The van der Waals surface area contributed by atoms with Crippen LogP contribution >= 0.6 is 0 Å². The zero-order chi connectivity index (χ0) is 20.1. The normalized spacial score (nSPS) is 11.5. The predicted octanol–water partition coefficient (Wildman–Crippen LogP) is 4.69. The summed E-state index contributed by atoms with van der Waals surface area (Å²) in [6.07, 6.45) is -6.15. The summed E-state index contributed by atoms with van der Waals surface area (Å²) in [6, 6.07) is 5.37. The molecule has 0 radical (unpaired) electrons. The lowest BCUT2D eigenvalue weighted by molar-refractivity contribution is -0.186. The maximum atomic E-state index is 13.0. The van der Waals surface area contributed by atoms with Crippen LogP contribution in [0.25, 0.3) is 4.85 Å². The summed E-state index contributed by atoms with van der Waals surface area (Å²) in [5.41, 5.74) is -0.961. The molecule has 0 atom stereocenters. The summed E-state index contributed by atoms with van der Waals surface area (Å²) >= 11 is 0. The third-order valence-corrected chi connectivity index (χ3v) is 2.92. The number of hydrogen-bond acceptors (Lipinski definition) is 3. The van der Waals surface area contributed by atoms with Crippen LogP contribution in [0.15, 0.2) is 24.3 Å². The van der Waals surface area contributed by atoms with E-state index in [2.05, 4.69) is 4.85 Å². The Balaban J connectivity index is 3.47. The molecule has 26 heavy (non-hydrogen) atoms. The molecule has 0 aliphatic rings. The lowest BCUT2D eigenvalue weighted by atomic mass is 10.2. The monoisotopic (exact) mass is 371 g/mol. The van der Waals surface area contributed by atoms with E-state index in [4.69, 9.17) is 11.3 Å². The molecule has 0 aliphatic heterocycles. The van der Waals surface area contributed by atoms with Gasteiger partial charge in [-0.3, -0.25) is 4.79 Å². The minimum absolute atomic E-state index is 0.0706. The number of carbonyl (C=O) groups is 2. The van der Waals surface area contributed by atoms with E-state index in [9.17, 15) is 22.8 Å². The molecule has 0 unspecified atom stereocenters. The second-order valence-electron chi connectivity index (χ2n) is 6.35. The molecule has 0 saturated carbocycles. The molecule has 9 heteroatoms. The molecule has 1 aromatic carbocycles. The highest BCUT2D eigenvalue weighted by Gasteiger charge is 2.46. The second kappa shape index (κ2) is 8.08. The molecule has 0 N–H and O–H groups in total. The molecule has 0 bridgehead atoms. The van der Waals surface area contributed by atoms with Crippen molar-refractivity contribution in [1.82, 2.24) is 5.01 Å². The number of amides is 2. The van der Waals surface area contributed by atoms with Crippen molar-refractivity contribution in [3.63, 3.8) is 0 Å². The van der Waals surface area contributed by atoms with Gasteiger partial charge in [0.15, 0.2) is 5.69 Å². The molecule has 0 aromatic heterocycles. The number of carbonyl (C=O) groups excluding carboxylic acids is 2. The van der Waals surface area contributed by atoms with Gasteiger partial charge < -0.3 is 4.74 Å². The van der Waals surface area contributed by atoms with Crippen molar-refractivity contribution >= 4 is 23.4 Å². The Morgan fingerprint density at radius 1 is 1.23 bits per heavy atom. The average molecular weight is 371 g/mol. The maximum Gasteiger partial charge on any atom is 0.473 e. The fourth-order valence-corrected chi connectivity index (χ4v) is 1.99. The number of anilines is 1. The first-order valence-electron chi connectivity index (χ1n) is 7.80. The third kappa shape index (κ3) is 5.65. The van der Waals surface area contributed by atoms with Gasteiger partial charge in [0.1, 0.15) is 5.60 Å². The van der Waals surface area contributed by atoms with E-state index in [1.165, 1.54) is 24.3 Å². The molecule has 1 aromatic rings. The molecule has 0 saturated heterocycles. The van der Waals surface area contributed by atoms with Gasteiger partial charge in [-0.25, -0.2) is 14.6 Å². The van der Waals surface area contributed by atoms with Gasteiger partial charge in [0, 0.05) is 6.54 Å². The molecule has 1 rings (SSSR count). The van der Waals surface area contributed by atoms with Gasteiger partial charge in [-0.1, -0.05) is 19.1 Å². The van der Waals surface area contributed by atoms with Crippen LogP contribution in [0.5, 0.6) is 0 Å². The van der Waals surface area contributed by atoms with Crippen LogP contribution in [0, 0.1) is 6.57 Å². The molecular formula is C17H20F3N3O3. The number of ether oxygens (including phenoxy) is 1. The number of hydrogen-bond donors (Lipinski definition) is 0. The number of benzene rings is 1. The minimum Gasteiger partial charge on any atom is -0.442 e. The Morgan fingerprint density at radius 2 is 1.85 bits per heavy atom. The van der Waals surface area contributed by atoms with Crippen LogP contribution < -0.4 is 5.01 Å². The predicted molar refractivity (Wildman–Crippen MR) is 89.5 cm³/mol. The van der Waals surface area contributed by atoms with Crippen LogP contribution in [0.4, 0.5) is 29.3 Å². The quantitative estimate of drug-likeness (QED) is 0.572. The van der Waals surface area contributed by atoms with Gasteiger partial charge in [0.05, 0.1) is 12.3 Å². The lowest BCUT2D eigenvalue weighted by Gasteiger charge is -2.36. The van der Waals surface area contributed by atoms with Gasteiger partial charge in [-0.2, -0.15) is 18.2 Å². The van der Waals surface area contributed by atoms with E-state index in [0.29, 0.717) is 5.01 Å². The first kappa shape index (κ1) is 21.3. The zero-order valence-electron chi connectivity index (χ0n) is 14.9. The van der Waals surface area contributed by atoms with Crippen molar-refractivity contribution < 1.29 is 27.5 Å². The highest BCUT2D eigenvalue weighted by Crippen LogP contribution is 2.28.